The Bertz CT molecular complexity index is 1230. The zero-order valence-corrected chi connectivity index (χ0v) is 18.4. The molecule has 156 valence electrons. The van der Waals surface area contributed by atoms with E-state index in [1.165, 1.54) is 11.3 Å². The number of hydrogen-bond donors (Lipinski definition) is 3. The van der Waals surface area contributed by atoms with E-state index in [4.69, 9.17) is 4.42 Å². The summed E-state index contributed by atoms with van der Waals surface area (Å²) in [7, 11) is 0. The summed E-state index contributed by atoms with van der Waals surface area (Å²) in [6, 6.07) is 19.4. The van der Waals surface area contributed by atoms with Crippen LogP contribution >= 0.6 is 27.3 Å². The molecule has 0 aliphatic carbocycles. The maximum Gasteiger partial charge on any atom is 0.291 e. The van der Waals surface area contributed by atoms with Gasteiger partial charge in [0, 0.05) is 11.1 Å². The van der Waals surface area contributed by atoms with Crippen molar-refractivity contribution in [3.05, 3.63) is 86.7 Å². The lowest BCUT2D eigenvalue weighted by molar-refractivity contribution is -0.121. The molecule has 4 rings (SSSR count). The van der Waals surface area contributed by atoms with Gasteiger partial charge in [-0.05, 0) is 57.9 Å². The van der Waals surface area contributed by atoms with Crippen LogP contribution in [0.1, 0.15) is 25.8 Å². The average molecular weight is 498 g/mol. The highest BCUT2D eigenvalue weighted by Gasteiger charge is 2.13. The molecule has 0 atom stereocenters. The van der Waals surface area contributed by atoms with Crippen LogP contribution in [0.5, 0.6) is 0 Å². The Morgan fingerprint density at radius 1 is 0.903 bits per heavy atom. The van der Waals surface area contributed by atoms with Crippen molar-refractivity contribution >= 4 is 61.6 Å². The number of amides is 3. The molecule has 2 heterocycles. The van der Waals surface area contributed by atoms with E-state index in [2.05, 4.69) is 32.1 Å². The lowest BCUT2D eigenvalue weighted by atomic mass is 10.1. The third-order valence-corrected chi connectivity index (χ3v) is 5.96. The number of hydrogen-bond acceptors (Lipinski definition) is 5. The molecule has 4 aromatic rings. The van der Waals surface area contributed by atoms with Gasteiger partial charge in [-0.25, -0.2) is 0 Å². The van der Waals surface area contributed by atoms with Crippen LogP contribution in [-0.4, -0.2) is 17.7 Å². The molecule has 0 spiro atoms. The summed E-state index contributed by atoms with van der Waals surface area (Å²) in [5, 5.41) is 3.62. The predicted octanol–water partition coefficient (Wildman–Crippen LogP) is 4.51. The fourth-order valence-corrected chi connectivity index (χ4v) is 4.13. The molecule has 0 radical (unpaired) electrons. The summed E-state index contributed by atoms with van der Waals surface area (Å²) in [5.74, 6) is -0.876. The number of fused-ring (bicyclic) bond motifs is 1. The molecule has 0 aliphatic heterocycles. The minimum atomic E-state index is -0.382. The van der Waals surface area contributed by atoms with Crippen LogP contribution in [0.3, 0.4) is 0 Å². The first kappa shape index (κ1) is 20.8. The molecule has 3 amide bonds. The van der Waals surface area contributed by atoms with Gasteiger partial charge in [0.15, 0.2) is 5.76 Å². The van der Waals surface area contributed by atoms with Crippen LogP contribution in [-0.2, 0) is 11.2 Å². The van der Waals surface area contributed by atoms with E-state index in [9.17, 15) is 14.4 Å². The summed E-state index contributed by atoms with van der Waals surface area (Å²) in [6.07, 6.45) is 0.0756. The smallest absolute Gasteiger partial charge is 0.291 e. The Labute approximate surface area is 189 Å². The van der Waals surface area contributed by atoms with Gasteiger partial charge in [0.25, 0.3) is 11.8 Å². The molecule has 2 aromatic carbocycles. The zero-order chi connectivity index (χ0) is 21.8. The number of anilines is 1. The van der Waals surface area contributed by atoms with Crippen LogP contribution in [0.15, 0.2) is 74.9 Å². The van der Waals surface area contributed by atoms with Crippen molar-refractivity contribution in [2.75, 3.05) is 5.32 Å². The standard InChI is InChI=1S/C22H16BrN3O4S/c23-19-10-9-18(31-19)22(29)26-25-20(27)11-13-5-7-15(8-6-13)24-21(28)17-12-14-3-1-2-4-16(14)30-17/h1-10,12H,11H2,(H,24,28)(H,25,27)(H,26,29). The molecule has 2 aromatic heterocycles. The van der Waals surface area contributed by atoms with Gasteiger partial charge in [-0.1, -0.05) is 30.3 Å². The Balaban J connectivity index is 1.29. The summed E-state index contributed by atoms with van der Waals surface area (Å²) >= 11 is 4.56. The van der Waals surface area contributed by atoms with Gasteiger partial charge < -0.3 is 9.73 Å². The molecule has 0 saturated carbocycles. The summed E-state index contributed by atoms with van der Waals surface area (Å²) in [6.45, 7) is 0. The van der Waals surface area contributed by atoms with Crippen molar-refractivity contribution < 1.29 is 18.8 Å². The van der Waals surface area contributed by atoms with E-state index in [1.54, 1.807) is 48.5 Å². The maximum atomic E-state index is 12.4. The molecule has 0 saturated heterocycles. The predicted molar refractivity (Wildman–Crippen MR) is 122 cm³/mol. The van der Waals surface area contributed by atoms with E-state index in [0.29, 0.717) is 16.1 Å². The first-order valence-electron chi connectivity index (χ1n) is 9.21. The van der Waals surface area contributed by atoms with Crippen molar-refractivity contribution in [3.63, 3.8) is 0 Å². The number of carbonyl (C=O) groups is 3. The van der Waals surface area contributed by atoms with Gasteiger partial charge in [-0.2, -0.15) is 0 Å². The number of hydrazine groups is 1. The zero-order valence-electron chi connectivity index (χ0n) is 16.0. The van der Waals surface area contributed by atoms with Gasteiger partial charge >= 0.3 is 0 Å². The number of thiophene rings is 1. The molecule has 0 bridgehead atoms. The number of halogens is 1. The third-order valence-electron chi connectivity index (χ3n) is 4.34. The van der Waals surface area contributed by atoms with E-state index in [1.807, 2.05) is 18.2 Å². The molecule has 9 heteroatoms. The quantitative estimate of drug-likeness (QED) is 0.353. The van der Waals surface area contributed by atoms with Crippen LogP contribution < -0.4 is 16.2 Å². The van der Waals surface area contributed by atoms with E-state index in [-0.39, 0.29) is 29.9 Å². The van der Waals surface area contributed by atoms with Crippen molar-refractivity contribution in [2.45, 2.75) is 6.42 Å². The number of furan rings is 1. The second-order valence-electron chi connectivity index (χ2n) is 6.58. The SMILES string of the molecule is O=C(Cc1ccc(NC(=O)c2cc3ccccc3o2)cc1)NNC(=O)c1ccc(Br)s1. The van der Waals surface area contributed by atoms with Crippen molar-refractivity contribution in [3.8, 4) is 0 Å². The fourth-order valence-electron chi connectivity index (χ4n) is 2.85. The first-order valence-corrected chi connectivity index (χ1v) is 10.8. The Morgan fingerprint density at radius 2 is 1.68 bits per heavy atom. The van der Waals surface area contributed by atoms with Gasteiger partial charge in [-0.3, -0.25) is 25.2 Å². The normalized spacial score (nSPS) is 10.6. The molecule has 7 nitrogen and oxygen atoms in total. The van der Waals surface area contributed by atoms with Crippen LogP contribution in [0.4, 0.5) is 5.69 Å². The minimum Gasteiger partial charge on any atom is -0.451 e. The number of para-hydroxylation sites is 1. The highest BCUT2D eigenvalue weighted by molar-refractivity contribution is 9.11. The summed E-state index contributed by atoms with van der Waals surface area (Å²) in [4.78, 5) is 36.9. The van der Waals surface area contributed by atoms with Gasteiger partial charge in [0.1, 0.15) is 5.58 Å². The van der Waals surface area contributed by atoms with Gasteiger partial charge in [-0.15, -0.1) is 11.3 Å². The van der Waals surface area contributed by atoms with Gasteiger partial charge in [0.2, 0.25) is 5.91 Å². The number of benzene rings is 2. The van der Waals surface area contributed by atoms with Crippen molar-refractivity contribution in [1.82, 2.24) is 10.9 Å². The highest BCUT2D eigenvalue weighted by Crippen LogP contribution is 2.22. The Morgan fingerprint density at radius 3 is 2.39 bits per heavy atom. The lowest BCUT2D eigenvalue weighted by Gasteiger charge is -2.07. The van der Waals surface area contributed by atoms with Crippen LogP contribution in [0, 0.1) is 0 Å². The molecule has 31 heavy (non-hydrogen) atoms. The maximum absolute atomic E-state index is 12.4. The number of nitrogens with one attached hydrogen (secondary N) is 3. The second kappa shape index (κ2) is 9.15. The van der Waals surface area contributed by atoms with Crippen LogP contribution in [0.2, 0.25) is 0 Å². The molecule has 0 unspecified atom stereocenters. The highest BCUT2D eigenvalue weighted by atomic mass is 79.9. The summed E-state index contributed by atoms with van der Waals surface area (Å²) < 4.78 is 6.39. The van der Waals surface area contributed by atoms with Crippen molar-refractivity contribution in [2.24, 2.45) is 0 Å². The number of carbonyl (C=O) groups excluding carboxylic acids is 3. The average Bonchev–Trinajstić information content (AvgIpc) is 3.40. The third kappa shape index (κ3) is 5.19. The molecular weight excluding hydrogens is 482 g/mol. The van der Waals surface area contributed by atoms with E-state index < -0.39 is 0 Å². The van der Waals surface area contributed by atoms with Crippen molar-refractivity contribution in [1.29, 1.82) is 0 Å². The number of rotatable bonds is 5. The fraction of sp³-hybridized carbons (Fsp3) is 0.0455. The molecule has 0 fully saturated rings. The topological polar surface area (TPSA) is 100 Å². The van der Waals surface area contributed by atoms with Gasteiger partial charge in [0.05, 0.1) is 15.1 Å². The summed E-state index contributed by atoms with van der Waals surface area (Å²) in [5.41, 5.74) is 6.72. The lowest BCUT2D eigenvalue weighted by Crippen LogP contribution is -2.42. The van der Waals surface area contributed by atoms with Crippen LogP contribution in [0.25, 0.3) is 11.0 Å². The molecule has 3 N–H and O–H groups in total. The Hall–Kier alpha value is -3.43. The van der Waals surface area contributed by atoms with E-state index >= 15 is 0 Å². The largest absolute Gasteiger partial charge is 0.451 e. The minimum absolute atomic E-state index is 0.0756. The Kier molecular flexibility index (Phi) is 6.15. The second-order valence-corrected chi connectivity index (χ2v) is 9.05. The molecule has 0 aliphatic rings. The molecular formula is C22H16BrN3O4S. The monoisotopic (exact) mass is 497 g/mol. The van der Waals surface area contributed by atoms with E-state index in [0.717, 1.165) is 14.7 Å². The first-order chi connectivity index (χ1) is 15.0.